The number of hydrogen-bond donors (Lipinski definition) is 1. The van der Waals surface area contributed by atoms with Crippen LogP contribution in [0.4, 0.5) is 13.2 Å². The number of halogens is 3. The highest BCUT2D eigenvalue weighted by Crippen LogP contribution is 2.27. The van der Waals surface area contributed by atoms with Gasteiger partial charge in [0.05, 0.1) is 17.7 Å². The molecule has 2 rings (SSSR count). The van der Waals surface area contributed by atoms with Crippen molar-refractivity contribution in [2.75, 3.05) is 6.61 Å². The van der Waals surface area contributed by atoms with Crippen LogP contribution in [-0.2, 0) is 0 Å². The Morgan fingerprint density at radius 2 is 1.53 bits per heavy atom. The predicted octanol–water partition coefficient (Wildman–Crippen LogP) is 1.25. The predicted molar refractivity (Wildman–Crippen MR) is 58.7 cm³/mol. The number of hydrogen-bond acceptors (Lipinski definition) is 3. The minimum atomic E-state index is -3.39. The summed E-state index contributed by atoms with van der Waals surface area (Å²) < 4.78 is 38.1. The van der Waals surface area contributed by atoms with Gasteiger partial charge in [-0.15, -0.1) is 0 Å². The maximum atomic E-state index is 13.4. The van der Waals surface area contributed by atoms with Crippen molar-refractivity contribution in [2.24, 2.45) is 0 Å². The second kappa shape index (κ2) is 5.00. The van der Waals surface area contributed by atoms with Gasteiger partial charge in [-0.2, -0.15) is 0 Å². The van der Waals surface area contributed by atoms with Crippen LogP contribution in [-0.4, -0.2) is 47.1 Å². The number of aliphatic hydroxyl groups is 1. The topological polar surface area (TPSA) is 57.6 Å². The third-order valence-corrected chi connectivity index (χ3v) is 2.95. The lowest BCUT2D eigenvalue weighted by molar-refractivity contribution is -0.0151. The Morgan fingerprint density at radius 1 is 1.05 bits per heavy atom. The highest BCUT2D eigenvalue weighted by molar-refractivity contribution is 6.21. The Kier molecular flexibility index (Phi) is 3.57. The molecule has 1 aliphatic rings. The molecule has 1 aromatic rings. The third kappa shape index (κ3) is 2.10. The first kappa shape index (κ1) is 13.5. The van der Waals surface area contributed by atoms with Crippen LogP contribution in [0.5, 0.6) is 0 Å². The summed E-state index contributed by atoms with van der Waals surface area (Å²) in [6.07, 6.45) is -6.17. The van der Waals surface area contributed by atoms with Gasteiger partial charge in [0, 0.05) is 0 Å². The van der Waals surface area contributed by atoms with Gasteiger partial charge in [-0.05, 0) is 12.1 Å². The lowest BCUT2D eigenvalue weighted by Gasteiger charge is -2.26. The number of alkyl halides is 3. The molecule has 0 aromatic heterocycles. The van der Waals surface area contributed by atoms with Crippen LogP contribution < -0.4 is 0 Å². The van der Waals surface area contributed by atoms with Crippen molar-refractivity contribution in [3.05, 3.63) is 35.4 Å². The molecule has 0 saturated carbocycles. The van der Waals surface area contributed by atoms with Crippen molar-refractivity contribution >= 4 is 11.8 Å². The summed E-state index contributed by atoms with van der Waals surface area (Å²) in [5, 5.41) is 9.00. The van der Waals surface area contributed by atoms with Gasteiger partial charge in [-0.3, -0.25) is 14.5 Å². The van der Waals surface area contributed by atoms with E-state index in [1.54, 1.807) is 0 Å². The van der Waals surface area contributed by atoms with E-state index in [-0.39, 0.29) is 11.1 Å². The molecule has 1 aromatic carbocycles. The number of rotatable bonds is 4. The minimum Gasteiger partial charge on any atom is -0.394 e. The number of aliphatic hydroxyl groups excluding tert-OH is 1. The Morgan fingerprint density at radius 3 is 1.89 bits per heavy atom. The van der Waals surface area contributed by atoms with Crippen molar-refractivity contribution in [2.45, 2.75) is 18.6 Å². The lowest BCUT2D eigenvalue weighted by atomic mass is 10.1. The quantitative estimate of drug-likeness (QED) is 0.840. The summed E-state index contributed by atoms with van der Waals surface area (Å²) in [6, 6.07) is 3.81. The summed E-state index contributed by atoms with van der Waals surface area (Å²) in [4.78, 5) is 24.2. The molecule has 2 unspecified atom stereocenters. The van der Waals surface area contributed by atoms with E-state index in [0.717, 1.165) is 0 Å². The van der Waals surface area contributed by atoms with Crippen LogP contribution in [0, 0.1) is 0 Å². The summed E-state index contributed by atoms with van der Waals surface area (Å²) in [6.45, 7) is -1.06. The van der Waals surface area contributed by atoms with Crippen LogP contribution in [0.1, 0.15) is 20.7 Å². The molecular formula is C12H10F3NO3. The molecule has 0 radical (unpaired) electrons. The van der Waals surface area contributed by atoms with E-state index in [1.807, 2.05) is 0 Å². The molecular weight excluding hydrogens is 263 g/mol. The van der Waals surface area contributed by atoms with Gasteiger partial charge in [-0.25, -0.2) is 13.2 Å². The zero-order valence-electron chi connectivity index (χ0n) is 9.59. The fourth-order valence-corrected chi connectivity index (χ4v) is 2.00. The SMILES string of the molecule is O=C1c2ccccc2C(=O)N1C(CO)C(F)C(F)F. The largest absolute Gasteiger partial charge is 0.394 e. The van der Waals surface area contributed by atoms with Crippen molar-refractivity contribution < 1.29 is 27.9 Å². The highest BCUT2D eigenvalue weighted by Gasteiger charge is 2.45. The molecule has 2 atom stereocenters. The number of fused-ring (bicyclic) bond motifs is 1. The number of carbonyl (C=O) groups excluding carboxylic acids is 2. The van der Waals surface area contributed by atoms with Gasteiger partial charge in [0.15, 0.2) is 6.17 Å². The molecule has 0 fully saturated rings. The average molecular weight is 273 g/mol. The van der Waals surface area contributed by atoms with Gasteiger partial charge in [0.25, 0.3) is 18.2 Å². The smallest absolute Gasteiger partial charge is 0.271 e. The number of nitrogens with zero attached hydrogens (tertiary/aromatic N) is 1. The monoisotopic (exact) mass is 273 g/mol. The van der Waals surface area contributed by atoms with Gasteiger partial charge in [0.2, 0.25) is 0 Å². The molecule has 0 aliphatic carbocycles. The van der Waals surface area contributed by atoms with Crippen LogP contribution in [0.25, 0.3) is 0 Å². The van der Waals surface area contributed by atoms with Crippen molar-refractivity contribution in [1.29, 1.82) is 0 Å². The van der Waals surface area contributed by atoms with E-state index < -0.39 is 37.1 Å². The summed E-state index contributed by atoms with van der Waals surface area (Å²) in [5.74, 6) is -1.74. The van der Waals surface area contributed by atoms with E-state index >= 15 is 0 Å². The van der Waals surface area contributed by atoms with Crippen molar-refractivity contribution in [3.8, 4) is 0 Å². The van der Waals surface area contributed by atoms with Crippen LogP contribution in [0.15, 0.2) is 24.3 Å². The molecule has 102 valence electrons. The molecule has 1 heterocycles. The summed E-state index contributed by atoms with van der Waals surface area (Å²) in [7, 11) is 0. The number of benzene rings is 1. The molecule has 7 heteroatoms. The van der Waals surface area contributed by atoms with Gasteiger partial charge in [-0.1, -0.05) is 12.1 Å². The fourth-order valence-electron chi connectivity index (χ4n) is 2.00. The van der Waals surface area contributed by atoms with Crippen LogP contribution >= 0.6 is 0 Å². The Hall–Kier alpha value is -1.89. The van der Waals surface area contributed by atoms with Crippen LogP contribution in [0.2, 0.25) is 0 Å². The lowest BCUT2D eigenvalue weighted by Crippen LogP contribution is -2.49. The Labute approximate surface area is 106 Å². The number of amides is 2. The van der Waals surface area contributed by atoms with Gasteiger partial charge >= 0.3 is 0 Å². The second-order valence-corrected chi connectivity index (χ2v) is 4.05. The second-order valence-electron chi connectivity index (χ2n) is 4.05. The first-order valence-electron chi connectivity index (χ1n) is 5.49. The summed E-state index contributed by atoms with van der Waals surface area (Å²) in [5.41, 5.74) is 0.0415. The number of imide groups is 1. The van der Waals surface area contributed by atoms with Gasteiger partial charge in [0.1, 0.15) is 6.04 Å². The molecule has 0 spiro atoms. The average Bonchev–Trinajstić information content (AvgIpc) is 2.65. The summed E-state index contributed by atoms with van der Waals surface area (Å²) >= 11 is 0. The normalized spacial score (nSPS) is 17.8. The van der Waals surface area contributed by atoms with E-state index in [2.05, 4.69) is 0 Å². The molecule has 2 amide bonds. The molecule has 19 heavy (non-hydrogen) atoms. The third-order valence-electron chi connectivity index (χ3n) is 2.95. The van der Waals surface area contributed by atoms with Gasteiger partial charge < -0.3 is 5.11 Å². The first-order valence-corrected chi connectivity index (χ1v) is 5.49. The zero-order valence-corrected chi connectivity index (χ0v) is 9.59. The zero-order chi connectivity index (χ0) is 14.2. The maximum Gasteiger partial charge on any atom is 0.271 e. The van der Waals surface area contributed by atoms with E-state index in [0.29, 0.717) is 4.90 Å². The maximum absolute atomic E-state index is 13.4. The van der Waals surface area contributed by atoms with Crippen molar-refractivity contribution in [1.82, 2.24) is 4.90 Å². The molecule has 4 nitrogen and oxygen atoms in total. The molecule has 1 N–H and O–H groups in total. The van der Waals surface area contributed by atoms with E-state index in [1.165, 1.54) is 24.3 Å². The van der Waals surface area contributed by atoms with E-state index in [4.69, 9.17) is 5.11 Å². The molecule has 0 saturated heterocycles. The first-order chi connectivity index (χ1) is 8.99. The Balaban J connectivity index is 2.37. The van der Waals surface area contributed by atoms with Crippen LogP contribution in [0.3, 0.4) is 0 Å². The fraction of sp³-hybridized carbons (Fsp3) is 0.333. The molecule has 0 bridgehead atoms. The van der Waals surface area contributed by atoms with E-state index in [9.17, 15) is 22.8 Å². The standard InChI is InChI=1S/C12H10F3NO3/c13-9(10(14)15)8(5-17)16-11(18)6-3-1-2-4-7(6)12(16)19/h1-4,8-10,17H,5H2. The van der Waals surface area contributed by atoms with Crippen molar-refractivity contribution in [3.63, 3.8) is 0 Å². The molecule has 1 aliphatic heterocycles. The Bertz CT molecular complexity index is 486. The highest BCUT2D eigenvalue weighted by atomic mass is 19.3. The number of carbonyl (C=O) groups is 2. The minimum absolute atomic E-state index is 0.0208.